The molecule has 0 aliphatic carbocycles. The Labute approximate surface area is 191 Å². The molecule has 190 valence electrons. The molecule has 0 saturated carbocycles. The van der Waals surface area contributed by atoms with Gasteiger partial charge in [0.25, 0.3) is 5.56 Å². The first kappa shape index (κ1) is 26.4. The van der Waals surface area contributed by atoms with Crippen LogP contribution in [0.3, 0.4) is 0 Å². The highest BCUT2D eigenvalue weighted by Crippen LogP contribution is 2.39. The van der Waals surface area contributed by atoms with E-state index in [0.29, 0.717) is 0 Å². The number of aryl methyl sites for hydroxylation is 1. The molecule has 2 aromatic carbocycles. The minimum absolute atomic E-state index is 0.278. The Morgan fingerprint density at radius 3 is 1.69 bits per heavy atom. The van der Waals surface area contributed by atoms with Crippen molar-refractivity contribution in [2.24, 2.45) is 0 Å². The number of nitriles is 1. The Hall–Kier alpha value is -4.16. The molecule has 1 N–H and O–H groups in total. The van der Waals surface area contributed by atoms with Crippen molar-refractivity contribution in [3.63, 3.8) is 0 Å². The summed E-state index contributed by atoms with van der Waals surface area (Å²) in [6.07, 6.45) is -11.4. The summed E-state index contributed by atoms with van der Waals surface area (Å²) in [4.78, 5) is 25.4. The summed E-state index contributed by atoms with van der Waals surface area (Å²) < 4.78 is 149. The fourth-order valence-corrected chi connectivity index (χ4v) is 3.20. The minimum atomic E-state index is -5.71. The largest absolute Gasteiger partial charge is 0.419 e. The van der Waals surface area contributed by atoms with E-state index in [-0.39, 0.29) is 16.8 Å². The SMILES string of the molecule is Cc1[nH]n(-c2c(F)c(F)c(C#N)c(F)c2F)c(=O)c1C(=O)c1cc(C(F)(F)F)c(F)c(C(F)(F)F)c1. The Morgan fingerprint density at radius 1 is 0.861 bits per heavy atom. The lowest BCUT2D eigenvalue weighted by molar-refractivity contribution is -0.147. The zero-order valence-corrected chi connectivity index (χ0v) is 17.0. The van der Waals surface area contributed by atoms with Gasteiger partial charge in [-0.3, -0.25) is 14.7 Å². The van der Waals surface area contributed by atoms with E-state index >= 15 is 0 Å². The van der Waals surface area contributed by atoms with Gasteiger partial charge in [-0.05, 0) is 19.1 Å². The highest BCUT2D eigenvalue weighted by atomic mass is 19.4. The fourth-order valence-electron chi connectivity index (χ4n) is 3.20. The number of nitrogens with zero attached hydrogens (tertiary/aromatic N) is 2. The third-order valence-corrected chi connectivity index (χ3v) is 4.82. The van der Waals surface area contributed by atoms with Crippen LogP contribution in [-0.4, -0.2) is 15.6 Å². The molecular formula is C20H6F11N3O2. The van der Waals surface area contributed by atoms with Crippen LogP contribution >= 0.6 is 0 Å². The number of benzene rings is 2. The zero-order chi connectivity index (χ0) is 27.5. The van der Waals surface area contributed by atoms with Gasteiger partial charge < -0.3 is 0 Å². The predicted octanol–water partition coefficient (Wildman–Crippen LogP) is 5.31. The first-order chi connectivity index (χ1) is 16.4. The molecule has 0 radical (unpaired) electrons. The summed E-state index contributed by atoms with van der Waals surface area (Å²) in [6, 6.07) is 0.210. The van der Waals surface area contributed by atoms with Gasteiger partial charge in [-0.1, -0.05) is 0 Å². The van der Waals surface area contributed by atoms with Crippen LogP contribution in [0.25, 0.3) is 5.69 Å². The molecule has 0 spiro atoms. The molecule has 0 amide bonds. The first-order valence-corrected chi connectivity index (χ1v) is 9.04. The van der Waals surface area contributed by atoms with E-state index in [1.54, 1.807) is 0 Å². The summed E-state index contributed by atoms with van der Waals surface area (Å²) in [6.45, 7) is 0.816. The van der Waals surface area contributed by atoms with Crippen molar-refractivity contribution in [3.05, 3.63) is 85.1 Å². The summed E-state index contributed by atoms with van der Waals surface area (Å²) >= 11 is 0. The third kappa shape index (κ3) is 4.10. The average Bonchev–Trinajstić information content (AvgIpc) is 3.04. The molecule has 0 atom stereocenters. The second-order valence-electron chi connectivity index (χ2n) is 7.05. The maximum absolute atomic E-state index is 14.3. The molecule has 0 aliphatic heterocycles. The lowest BCUT2D eigenvalue weighted by Crippen LogP contribution is -2.24. The van der Waals surface area contributed by atoms with Crippen molar-refractivity contribution in [1.29, 1.82) is 5.26 Å². The quantitative estimate of drug-likeness (QED) is 0.284. The van der Waals surface area contributed by atoms with Crippen LogP contribution in [-0.2, 0) is 12.4 Å². The van der Waals surface area contributed by atoms with E-state index < -0.39 is 92.0 Å². The minimum Gasteiger partial charge on any atom is -0.294 e. The molecule has 3 rings (SSSR count). The standard InChI is InChI=1S/C20H6F11N3O2/c1-5-10(17(35)6-2-8(19(26,27)28)13(23)9(3-6)20(29,30)31)18(36)34(33-5)16-14(24)11(21)7(4-32)12(22)15(16)25/h2-3,33H,1H3. The van der Waals surface area contributed by atoms with Gasteiger partial charge in [0.05, 0.1) is 11.1 Å². The molecule has 5 nitrogen and oxygen atoms in total. The van der Waals surface area contributed by atoms with Gasteiger partial charge in [-0.25, -0.2) is 26.6 Å². The normalized spacial score (nSPS) is 12.1. The maximum atomic E-state index is 14.3. The summed E-state index contributed by atoms with van der Waals surface area (Å²) in [7, 11) is 0. The smallest absolute Gasteiger partial charge is 0.294 e. The number of ketones is 1. The predicted molar refractivity (Wildman–Crippen MR) is 95.5 cm³/mol. The van der Waals surface area contributed by atoms with Crippen LogP contribution in [0.1, 0.15) is 38.3 Å². The highest BCUT2D eigenvalue weighted by Gasteiger charge is 2.43. The van der Waals surface area contributed by atoms with Crippen molar-refractivity contribution < 1.29 is 53.1 Å². The molecule has 0 bridgehead atoms. The average molecular weight is 529 g/mol. The summed E-state index contributed by atoms with van der Waals surface area (Å²) in [5.74, 6) is -13.7. The van der Waals surface area contributed by atoms with Gasteiger partial charge in [-0.15, -0.1) is 0 Å². The van der Waals surface area contributed by atoms with Gasteiger partial charge in [-0.2, -0.15) is 31.6 Å². The number of H-pyrrole nitrogens is 1. The van der Waals surface area contributed by atoms with E-state index in [0.717, 1.165) is 13.0 Å². The van der Waals surface area contributed by atoms with Gasteiger partial charge in [0, 0.05) is 11.3 Å². The van der Waals surface area contributed by atoms with Crippen molar-refractivity contribution >= 4 is 5.78 Å². The van der Waals surface area contributed by atoms with Crippen LogP contribution in [0.5, 0.6) is 0 Å². The van der Waals surface area contributed by atoms with Crippen molar-refractivity contribution in [3.8, 4) is 11.8 Å². The summed E-state index contributed by atoms with van der Waals surface area (Å²) in [5.41, 5.74) is -13.8. The second-order valence-corrected chi connectivity index (χ2v) is 7.05. The lowest BCUT2D eigenvalue weighted by atomic mass is 9.97. The van der Waals surface area contributed by atoms with Gasteiger partial charge in [0.15, 0.2) is 23.3 Å². The number of aromatic amines is 1. The molecule has 0 saturated heterocycles. The van der Waals surface area contributed by atoms with Crippen molar-refractivity contribution in [2.75, 3.05) is 0 Å². The molecule has 0 aliphatic rings. The number of alkyl halides is 6. The van der Waals surface area contributed by atoms with E-state index in [4.69, 9.17) is 5.26 Å². The molecule has 1 heterocycles. The van der Waals surface area contributed by atoms with Crippen molar-refractivity contribution in [1.82, 2.24) is 9.78 Å². The fraction of sp³-hybridized carbons (Fsp3) is 0.150. The Kier molecular flexibility index (Phi) is 6.24. The van der Waals surface area contributed by atoms with Crippen LogP contribution in [0.15, 0.2) is 16.9 Å². The lowest BCUT2D eigenvalue weighted by Gasteiger charge is -2.15. The van der Waals surface area contributed by atoms with Crippen LogP contribution in [0, 0.1) is 47.3 Å². The molecule has 3 aromatic rings. The number of carbonyl (C=O) groups excluding carboxylic acids is 1. The topological polar surface area (TPSA) is 78.7 Å². The number of aromatic nitrogens is 2. The number of hydrogen-bond donors (Lipinski definition) is 1. The third-order valence-electron chi connectivity index (χ3n) is 4.82. The number of rotatable bonds is 3. The molecule has 1 aromatic heterocycles. The molecule has 36 heavy (non-hydrogen) atoms. The Morgan fingerprint density at radius 2 is 1.31 bits per heavy atom. The number of nitrogens with one attached hydrogen (secondary N) is 1. The molecule has 0 fully saturated rings. The highest BCUT2D eigenvalue weighted by molar-refractivity contribution is 6.09. The van der Waals surface area contributed by atoms with Crippen molar-refractivity contribution in [2.45, 2.75) is 19.3 Å². The van der Waals surface area contributed by atoms with Gasteiger partial charge in [0.1, 0.15) is 28.7 Å². The Bertz CT molecular complexity index is 1460. The maximum Gasteiger partial charge on any atom is 0.419 e. The zero-order valence-electron chi connectivity index (χ0n) is 17.0. The molecule has 0 unspecified atom stereocenters. The monoisotopic (exact) mass is 529 g/mol. The van der Waals surface area contributed by atoms with E-state index in [1.165, 1.54) is 0 Å². The number of hydrogen-bond acceptors (Lipinski definition) is 3. The summed E-state index contributed by atoms with van der Waals surface area (Å²) in [5, 5.41) is 10.4. The van der Waals surface area contributed by atoms with Crippen LogP contribution in [0.2, 0.25) is 0 Å². The molecule has 16 heteroatoms. The first-order valence-electron chi connectivity index (χ1n) is 9.04. The van der Waals surface area contributed by atoms with E-state index in [9.17, 15) is 57.9 Å². The second kappa shape index (κ2) is 8.50. The molecular weight excluding hydrogens is 523 g/mol. The Balaban J connectivity index is 2.31. The van der Waals surface area contributed by atoms with E-state index in [1.807, 2.05) is 5.10 Å². The number of carbonyl (C=O) groups is 1. The number of halogens is 11. The van der Waals surface area contributed by atoms with Gasteiger partial charge >= 0.3 is 12.4 Å². The van der Waals surface area contributed by atoms with Crippen LogP contribution in [0.4, 0.5) is 48.3 Å². The van der Waals surface area contributed by atoms with E-state index in [2.05, 4.69) is 0 Å². The van der Waals surface area contributed by atoms with Crippen LogP contribution < -0.4 is 5.56 Å². The van der Waals surface area contributed by atoms with Gasteiger partial charge in [0.2, 0.25) is 5.78 Å².